The van der Waals surface area contributed by atoms with Gasteiger partial charge in [0, 0.05) is 9.92 Å². The topological polar surface area (TPSA) is 23.8 Å². The Balaban J connectivity index is 1.72. The van der Waals surface area contributed by atoms with Crippen LogP contribution in [-0.4, -0.2) is 5.25 Å². The van der Waals surface area contributed by atoms with Crippen LogP contribution in [0.5, 0.6) is 0 Å². The number of benzene rings is 1. The van der Waals surface area contributed by atoms with Gasteiger partial charge in [0.15, 0.2) is 0 Å². The molecule has 0 N–H and O–H groups in total. The highest BCUT2D eigenvalue weighted by Gasteiger charge is 2.43. The van der Waals surface area contributed by atoms with Crippen LogP contribution in [-0.2, 0) is 0 Å². The molecule has 2 bridgehead atoms. The van der Waals surface area contributed by atoms with Gasteiger partial charge in [-0.3, -0.25) is 0 Å². The maximum Gasteiger partial charge on any atom is 0.0994 e. The second-order valence-electron chi connectivity index (χ2n) is 5.46. The number of nitriles is 1. The fourth-order valence-corrected chi connectivity index (χ4v) is 5.02. The van der Waals surface area contributed by atoms with Crippen molar-refractivity contribution in [1.82, 2.24) is 0 Å². The molecule has 4 unspecified atom stereocenters. The van der Waals surface area contributed by atoms with E-state index in [1.165, 1.54) is 25.7 Å². The molecule has 0 spiro atoms. The lowest BCUT2D eigenvalue weighted by atomic mass is 9.86. The molecule has 0 radical (unpaired) electrons. The van der Waals surface area contributed by atoms with Gasteiger partial charge in [0.1, 0.15) is 0 Å². The van der Waals surface area contributed by atoms with Crippen LogP contribution in [0, 0.1) is 29.1 Å². The fourth-order valence-electron chi connectivity index (χ4n) is 3.56. The van der Waals surface area contributed by atoms with Gasteiger partial charge >= 0.3 is 0 Å². The number of thioether (sulfide) groups is 1. The molecule has 0 saturated heterocycles. The minimum Gasteiger partial charge on any atom is -0.197 e. The number of halogens is 1. The summed E-state index contributed by atoms with van der Waals surface area (Å²) in [4.78, 5) is 1.12. The van der Waals surface area contributed by atoms with Crippen LogP contribution in [0.4, 0.5) is 0 Å². The Bertz CT molecular complexity index is 482. The van der Waals surface area contributed by atoms with Crippen molar-refractivity contribution in [3.63, 3.8) is 0 Å². The van der Waals surface area contributed by atoms with E-state index in [-0.39, 0.29) is 5.25 Å². The van der Waals surface area contributed by atoms with Crippen LogP contribution in [0.15, 0.2) is 29.2 Å². The maximum absolute atomic E-state index is 9.44. The Morgan fingerprint density at radius 2 is 2.22 bits per heavy atom. The van der Waals surface area contributed by atoms with Gasteiger partial charge in [0.05, 0.1) is 11.3 Å². The van der Waals surface area contributed by atoms with Crippen molar-refractivity contribution < 1.29 is 0 Å². The summed E-state index contributed by atoms with van der Waals surface area (Å²) >= 11 is 7.69. The van der Waals surface area contributed by atoms with Crippen molar-refractivity contribution in [2.45, 2.75) is 35.8 Å². The second kappa shape index (κ2) is 5.15. The molecule has 2 aliphatic carbocycles. The van der Waals surface area contributed by atoms with E-state index in [1.54, 1.807) is 11.8 Å². The number of fused-ring (bicyclic) bond motifs is 2. The van der Waals surface area contributed by atoms with E-state index in [0.29, 0.717) is 5.92 Å². The van der Waals surface area contributed by atoms with Gasteiger partial charge in [-0.25, -0.2) is 0 Å². The molecule has 1 aromatic carbocycles. The molecule has 1 nitrogen and oxygen atoms in total. The first-order chi connectivity index (χ1) is 8.76. The second-order valence-corrected chi connectivity index (χ2v) is 7.12. The largest absolute Gasteiger partial charge is 0.197 e. The molecule has 3 heteroatoms. The van der Waals surface area contributed by atoms with Crippen molar-refractivity contribution in [2.75, 3.05) is 0 Å². The van der Waals surface area contributed by atoms with Gasteiger partial charge in [0.2, 0.25) is 0 Å². The van der Waals surface area contributed by atoms with Gasteiger partial charge in [0.25, 0.3) is 0 Å². The zero-order chi connectivity index (χ0) is 12.5. The lowest BCUT2D eigenvalue weighted by molar-refractivity contribution is 0.345. The van der Waals surface area contributed by atoms with Gasteiger partial charge in [-0.05, 0) is 55.2 Å². The van der Waals surface area contributed by atoms with Crippen LogP contribution in [0.2, 0.25) is 5.02 Å². The Morgan fingerprint density at radius 1 is 1.33 bits per heavy atom. The molecule has 18 heavy (non-hydrogen) atoms. The Labute approximate surface area is 118 Å². The zero-order valence-electron chi connectivity index (χ0n) is 10.2. The summed E-state index contributed by atoms with van der Waals surface area (Å²) in [6.45, 7) is 0. The summed E-state index contributed by atoms with van der Waals surface area (Å²) in [7, 11) is 0. The lowest BCUT2D eigenvalue weighted by Crippen LogP contribution is -2.21. The molecule has 2 aliphatic rings. The molecular formula is C15H16ClNS. The van der Waals surface area contributed by atoms with E-state index in [2.05, 4.69) is 6.07 Å². The first-order valence-electron chi connectivity index (χ1n) is 6.58. The van der Waals surface area contributed by atoms with Crippen molar-refractivity contribution >= 4 is 23.4 Å². The molecule has 0 aromatic heterocycles. The summed E-state index contributed by atoms with van der Waals surface area (Å²) in [5.74, 6) is 2.29. The van der Waals surface area contributed by atoms with Crippen LogP contribution in [0.25, 0.3) is 0 Å². The molecular weight excluding hydrogens is 262 g/mol. The van der Waals surface area contributed by atoms with Gasteiger partial charge < -0.3 is 0 Å². The van der Waals surface area contributed by atoms with Crippen molar-refractivity contribution in [1.29, 1.82) is 5.26 Å². The monoisotopic (exact) mass is 277 g/mol. The van der Waals surface area contributed by atoms with Crippen LogP contribution >= 0.6 is 23.4 Å². The van der Waals surface area contributed by atoms with Gasteiger partial charge in [-0.1, -0.05) is 24.1 Å². The van der Waals surface area contributed by atoms with Gasteiger partial charge in [-0.2, -0.15) is 5.26 Å². The molecule has 0 aliphatic heterocycles. The lowest BCUT2D eigenvalue weighted by Gasteiger charge is -2.25. The maximum atomic E-state index is 9.44. The summed E-state index contributed by atoms with van der Waals surface area (Å²) in [5, 5.41) is 10.3. The van der Waals surface area contributed by atoms with E-state index < -0.39 is 0 Å². The third kappa shape index (κ3) is 2.39. The average molecular weight is 278 g/mol. The van der Waals surface area contributed by atoms with Crippen LogP contribution in [0.3, 0.4) is 0 Å². The third-order valence-electron chi connectivity index (χ3n) is 4.37. The van der Waals surface area contributed by atoms with E-state index >= 15 is 0 Å². The van der Waals surface area contributed by atoms with Crippen molar-refractivity contribution in [3.8, 4) is 6.07 Å². The van der Waals surface area contributed by atoms with Crippen molar-refractivity contribution in [2.24, 2.45) is 17.8 Å². The standard InChI is InChI=1S/C15H16ClNS/c16-12-2-1-3-13(8-12)18-15(9-17)14-7-10-4-5-11(14)6-10/h1-3,8,10-11,14-15H,4-7H2. The molecule has 2 fully saturated rings. The molecule has 94 valence electrons. The van der Waals surface area contributed by atoms with E-state index in [9.17, 15) is 5.26 Å². The average Bonchev–Trinajstić information content (AvgIpc) is 2.98. The SMILES string of the molecule is N#CC(Sc1cccc(Cl)c1)C1CC2CCC1C2. The summed E-state index contributed by atoms with van der Waals surface area (Å²) in [5.41, 5.74) is 0. The molecule has 2 saturated carbocycles. The number of nitrogens with zero attached hydrogens (tertiary/aromatic N) is 1. The van der Waals surface area contributed by atoms with Crippen molar-refractivity contribution in [3.05, 3.63) is 29.3 Å². The molecule has 1 aromatic rings. The Hall–Kier alpha value is -0.650. The van der Waals surface area contributed by atoms with E-state index in [0.717, 1.165) is 21.8 Å². The minimum atomic E-state index is 0.0961. The highest BCUT2D eigenvalue weighted by Crippen LogP contribution is 2.52. The number of hydrogen-bond acceptors (Lipinski definition) is 2. The molecule has 0 heterocycles. The normalized spacial score (nSPS) is 31.2. The summed E-state index contributed by atoms with van der Waals surface area (Å²) in [6.07, 6.45) is 5.35. The summed E-state index contributed by atoms with van der Waals surface area (Å²) < 4.78 is 0. The fraction of sp³-hybridized carbons (Fsp3) is 0.533. The highest BCUT2D eigenvalue weighted by molar-refractivity contribution is 8.00. The molecule has 4 atom stereocenters. The van der Waals surface area contributed by atoms with E-state index in [1.807, 2.05) is 24.3 Å². The smallest absolute Gasteiger partial charge is 0.0994 e. The van der Waals surface area contributed by atoms with E-state index in [4.69, 9.17) is 11.6 Å². The molecule has 0 amide bonds. The number of rotatable bonds is 3. The third-order valence-corrected chi connectivity index (χ3v) is 5.84. The molecule has 3 rings (SSSR count). The zero-order valence-corrected chi connectivity index (χ0v) is 11.8. The minimum absolute atomic E-state index is 0.0961. The first kappa shape index (κ1) is 12.4. The highest BCUT2D eigenvalue weighted by atomic mass is 35.5. The van der Waals surface area contributed by atoms with Gasteiger partial charge in [-0.15, -0.1) is 11.8 Å². The quantitative estimate of drug-likeness (QED) is 0.744. The van der Waals surface area contributed by atoms with Crippen LogP contribution in [0.1, 0.15) is 25.7 Å². The predicted molar refractivity (Wildman–Crippen MR) is 75.6 cm³/mol. The summed E-state index contributed by atoms with van der Waals surface area (Å²) in [6, 6.07) is 10.4. The predicted octanol–water partition coefficient (Wildman–Crippen LogP) is 4.76. The first-order valence-corrected chi connectivity index (χ1v) is 7.84. The number of hydrogen-bond donors (Lipinski definition) is 0. The van der Waals surface area contributed by atoms with Crippen LogP contribution < -0.4 is 0 Å². The Morgan fingerprint density at radius 3 is 2.83 bits per heavy atom. The Kier molecular flexibility index (Phi) is 3.54.